The number of hydrogen-bond donors (Lipinski definition) is 0. The van der Waals surface area contributed by atoms with Crippen molar-refractivity contribution >= 4 is 20.0 Å². The quantitative estimate of drug-likeness (QED) is 0.344. The summed E-state index contributed by atoms with van der Waals surface area (Å²) in [4.78, 5) is 3.30. The average molecular weight is 330 g/mol. The van der Waals surface area contributed by atoms with E-state index in [0.29, 0.717) is 6.61 Å². The summed E-state index contributed by atoms with van der Waals surface area (Å²) in [6.07, 6.45) is -0.453. The standard InChI is InChI=1S/C8H6N6O5S2/c9-11-13-20(15,16)6-1-5(8-4-19-8)2-7(3-6)21(17,18)14-12-10/h1-3,8H,4H2. The molecule has 21 heavy (non-hydrogen) atoms. The van der Waals surface area contributed by atoms with E-state index in [9.17, 15) is 16.8 Å². The fourth-order valence-electron chi connectivity index (χ4n) is 1.51. The molecular formula is C8H6N6O5S2. The van der Waals surface area contributed by atoms with E-state index in [1.54, 1.807) is 0 Å². The molecule has 2 rings (SSSR count). The summed E-state index contributed by atoms with van der Waals surface area (Å²) in [6.45, 7) is 0.298. The van der Waals surface area contributed by atoms with E-state index < -0.39 is 35.9 Å². The van der Waals surface area contributed by atoms with Gasteiger partial charge in [0.25, 0.3) is 20.0 Å². The lowest BCUT2D eigenvalue weighted by Gasteiger charge is -2.05. The summed E-state index contributed by atoms with van der Waals surface area (Å²) in [5.74, 6) is 0. The molecule has 110 valence electrons. The molecule has 0 amide bonds. The predicted octanol–water partition coefficient (Wildman–Crippen LogP) is 1.76. The van der Waals surface area contributed by atoms with Gasteiger partial charge in [-0.05, 0) is 34.8 Å². The average Bonchev–Trinajstić information content (AvgIpc) is 3.22. The smallest absolute Gasteiger partial charge is 0.264 e. The van der Waals surface area contributed by atoms with Crippen LogP contribution in [0.15, 0.2) is 37.0 Å². The van der Waals surface area contributed by atoms with Crippen LogP contribution in [0.1, 0.15) is 11.7 Å². The monoisotopic (exact) mass is 330 g/mol. The molecule has 1 saturated heterocycles. The number of sulfonamides is 2. The number of epoxide rings is 1. The molecule has 0 saturated carbocycles. The zero-order valence-corrected chi connectivity index (χ0v) is 11.7. The lowest BCUT2D eigenvalue weighted by molar-refractivity contribution is 0.415. The van der Waals surface area contributed by atoms with E-state index in [-0.39, 0.29) is 5.56 Å². The molecule has 1 heterocycles. The van der Waals surface area contributed by atoms with Crippen LogP contribution in [0.2, 0.25) is 0 Å². The molecule has 11 nitrogen and oxygen atoms in total. The van der Waals surface area contributed by atoms with E-state index in [1.165, 1.54) is 0 Å². The Morgan fingerprint density at radius 3 is 1.76 bits per heavy atom. The molecule has 1 fully saturated rings. The van der Waals surface area contributed by atoms with Crippen LogP contribution < -0.4 is 0 Å². The minimum Gasteiger partial charge on any atom is -0.368 e. The Bertz CT molecular complexity index is 825. The molecule has 0 aromatic heterocycles. The van der Waals surface area contributed by atoms with Crippen LogP contribution >= 0.6 is 0 Å². The Balaban J connectivity index is 2.71. The van der Waals surface area contributed by atoms with E-state index in [0.717, 1.165) is 18.2 Å². The molecule has 1 unspecified atom stereocenters. The first-order chi connectivity index (χ1) is 9.80. The zero-order valence-electron chi connectivity index (χ0n) is 10.1. The number of rotatable bonds is 5. The van der Waals surface area contributed by atoms with Crippen molar-refractivity contribution in [3.63, 3.8) is 0 Å². The van der Waals surface area contributed by atoms with Crippen LogP contribution in [0, 0.1) is 0 Å². The maximum Gasteiger partial charge on any atom is 0.264 e. The van der Waals surface area contributed by atoms with E-state index in [1.807, 2.05) is 0 Å². The Hall–Kier alpha value is -2.30. The van der Waals surface area contributed by atoms with Crippen molar-refractivity contribution in [3.05, 3.63) is 44.6 Å². The summed E-state index contributed by atoms with van der Waals surface area (Å²) in [5.41, 5.74) is 16.7. The first kappa shape index (κ1) is 15.1. The summed E-state index contributed by atoms with van der Waals surface area (Å²) >= 11 is 0. The highest BCUT2D eigenvalue weighted by molar-refractivity contribution is 7.90. The van der Waals surface area contributed by atoms with Gasteiger partial charge in [-0.1, -0.05) is 0 Å². The highest BCUT2D eigenvalue weighted by Gasteiger charge is 2.29. The third-order valence-electron chi connectivity index (χ3n) is 2.49. The summed E-state index contributed by atoms with van der Waals surface area (Å²) in [7, 11) is -8.77. The first-order valence-corrected chi connectivity index (χ1v) is 8.07. The van der Waals surface area contributed by atoms with Crippen molar-refractivity contribution in [1.29, 1.82) is 0 Å². The van der Waals surface area contributed by atoms with E-state index in [4.69, 9.17) is 15.8 Å². The van der Waals surface area contributed by atoms with Crippen LogP contribution in [0.5, 0.6) is 0 Å². The topological polar surface area (TPSA) is 178 Å². The lowest BCUT2D eigenvalue weighted by atomic mass is 10.2. The number of nitrogens with zero attached hydrogens (tertiary/aromatic N) is 6. The van der Waals surface area contributed by atoms with Gasteiger partial charge in [-0.2, -0.15) is 0 Å². The highest BCUT2D eigenvalue weighted by Crippen LogP contribution is 2.33. The van der Waals surface area contributed by atoms with Crippen LogP contribution in [0.25, 0.3) is 20.9 Å². The van der Waals surface area contributed by atoms with Crippen LogP contribution in [-0.2, 0) is 24.8 Å². The number of azide groups is 2. The van der Waals surface area contributed by atoms with Gasteiger partial charge in [-0.3, -0.25) is 0 Å². The van der Waals surface area contributed by atoms with Crippen molar-refractivity contribution in [2.75, 3.05) is 6.61 Å². The summed E-state index contributed by atoms with van der Waals surface area (Å²) in [6, 6.07) is 3.02. The summed E-state index contributed by atoms with van der Waals surface area (Å²) in [5, 5.41) is 0. The number of hydrogen-bond acceptors (Lipinski definition) is 5. The largest absolute Gasteiger partial charge is 0.368 e. The second-order valence-electron chi connectivity index (χ2n) is 3.85. The third kappa shape index (κ3) is 3.24. The van der Waals surface area contributed by atoms with Crippen molar-refractivity contribution in [2.45, 2.75) is 15.9 Å². The minimum absolute atomic E-state index is 0.260. The molecule has 0 spiro atoms. The number of benzene rings is 1. The second kappa shape index (κ2) is 5.24. The van der Waals surface area contributed by atoms with Gasteiger partial charge in [0.05, 0.1) is 16.4 Å². The molecule has 13 heteroatoms. The van der Waals surface area contributed by atoms with Crippen LogP contribution in [0.4, 0.5) is 0 Å². The highest BCUT2D eigenvalue weighted by atomic mass is 32.2. The molecule has 0 aliphatic carbocycles. The van der Waals surface area contributed by atoms with Gasteiger partial charge in [0.1, 0.15) is 6.10 Å². The second-order valence-corrected chi connectivity index (χ2v) is 7.02. The molecule has 1 aromatic rings. The lowest BCUT2D eigenvalue weighted by Crippen LogP contribution is -2.02. The maximum absolute atomic E-state index is 11.7. The fourth-order valence-corrected chi connectivity index (χ4v) is 3.09. The van der Waals surface area contributed by atoms with Crippen LogP contribution in [-0.4, -0.2) is 23.4 Å². The molecule has 0 radical (unpaired) electrons. The summed E-state index contributed by atoms with van der Waals surface area (Å²) < 4.78 is 57.0. The molecule has 1 aromatic carbocycles. The van der Waals surface area contributed by atoms with Crippen molar-refractivity contribution in [3.8, 4) is 0 Å². The SMILES string of the molecule is [N-]=[N+]=NS(=O)(=O)c1cc(C2CO2)cc(S(=O)(=O)N=[N+]=[N-])c1. The van der Waals surface area contributed by atoms with Gasteiger partial charge >= 0.3 is 0 Å². The number of ether oxygens (including phenoxy) is 1. The zero-order chi connectivity index (χ0) is 15.7. The predicted molar refractivity (Wildman–Crippen MR) is 67.8 cm³/mol. The first-order valence-electron chi connectivity index (χ1n) is 5.19. The van der Waals surface area contributed by atoms with Gasteiger partial charge < -0.3 is 4.74 Å². The Kier molecular flexibility index (Phi) is 3.77. The molecule has 0 bridgehead atoms. The van der Waals surface area contributed by atoms with Crippen molar-refractivity contribution in [2.24, 2.45) is 9.04 Å². The van der Waals surface area contributed by atoms with Gasteiger partial charge in [0.2, 0.25) is 0 Å². The molecule has 0 N–H and O–H groups in total. The van der Waals surface area contributed by atoms with Gasteiger partial charge in [0, 0.05) is 18.9 Å². The van der Waals surface area contributed by atoms with Gasteiger partial charge in [-0.15, -0.1) is 0 Å². The van der Waals surface area contributed by atoms with Crippen molar-refractivity contribution < 1.29 is 21.6 Å². The molecule has 1 aliphatic heterocycles. The third-order valence-corrected chi connectivity index (χ3v) is 4.73. The van der Waals surface area contributed by atoms with E-state index >= 15 is 0 Å². The molecule has 1 aliphatic rings. The van der Waals surface area contributed by atoms with E-state index in [2.05, 4.69) is 18.9 Å². The van der Waals surface area contributed by atoms with Crippen molar-refractivity contribution in [1.82, 2.24) is 0 Å². The normalized spacial score (nSPS) is 17.4. The Labute approximate surface area is 118 Å². The Morgan fingerprint density at radius 1 is 1.00 bits per heavy atom. The van der Waals surface area contributed by atoms with Gasteiger partial charge in [-0.25, -0.2) is 16.8 Å². The Morgan fingerprint density at radius 2 is 1.43 bits per heavy atom. The fraction of sp³-hybridized carbons (Fsp3) is 0.250. The maximum atomic E-state index is 11.7. The minimum atomic E-state index is -4.38. The van der Waals surface area contributed by atoms with Gasteiger partial charge in [0.15, 0.2) is 0 Å². The molecule has 1 atom stereocenters. The molecular weight excluding hydrogens is 324 g/mol. The van der Waals surface area contributed by atoms with Crippen LogP contribution in [0.3, 0.4) is 0 Å².